The number of nitrogens with zero attached hydrogens (tertiary/aromatic N) is 1. The summed E-state index contributed by atoms with van der Waals surface area (Å²) in [4.78, 5) is 27.1. The SMILES string of the molecule is C[C@]12C=C[C@](C)(O1)[C@H]1C(=O)N(c3ccccc3I)C(=O)[C@H]12. The molecule has 0 radical (unpaired) electrons. The molecule has 4 rings (SSSR count). The van der Waals surface area contributed by atoms with E-state index in [0.29, 0.717) is 5.69 Å². The molecular formula is C16H14INO3. The van der Waals surface area contributed by atoms with Gasteiger partial charge < -0.3 is 4.74 Å². The highest BCUT2D eigenvalue weighted by molar-refractivity contribution is 14.1. The van der Waals surface area contributed by atoms with Crippen LogP contribution in [0.15, 0.2) is 36.4 Å². The molecule has 108 valence electrons. The van der Waals surface area contributed by atoms with Crippen LogP contribution >= 0.6 is 22.6 Å². The van der Waals surface area contributed by atoms with Crippen molar-refractivity contribution in [3.05, 3.63) is 40.0 Å². The van der Waals surface area contributed by atoms with Crippen LogP contribution in [0.4, 0.5) is 5.69 Å². The first kappa shape index (κ1) is 13.5. The zero-order valence-corrected chi connectivity index (χ0v) is 13.8. The Morgan fingerprint density at radius 3 is 2.10 bits per heavy atom. The van der Waals surface area contributed by atoms with Gasteiger partial charge in [0.2, 0.25) is 11.8 Å². The molecule has 2 saturated heterocycles. The molecule has 0 saturated carbocycles. The van der Waals surface area contributed by atoms with Crippen molar-refractivity contribution in [3.8, 4) is 0 Å². The average Bonchev–Trinajstić information content (AvgIpc) is 2.97. The Labute approximate surface area is 136 Å². The van der Waals surface area contributed by atoms with E-state index in [1.54, 1.807) is 0 Å². The third-order valence-electron chi connectivity index (χ3n) is 4.82. The predicted molar refractivity (Wildman–Crippen MR) is 85.7 cm³/mol. The highest BCUT2D eigenvalue weighted by Gasteiger charge is 2.70. The molecule has 3 aliphatic rings. The molecule has 1 aromatic rings. The molecular weight excluding hydrogens is 381 g/mol. The van der Waals surface area contributed by atoms with Gasteiger partial charge in [-0.25, -0.2) is 4.90 Å². The smallest absolute Gasteiger partial charge is 0.241 e. The van der Waals surface area contributed by atoms with Gasteiger partial charge in [-0.15, -0.1) is 0 Å². The number of benzene rings is 1. The summed E-state index contributed by atoms with van der Waals surface area (Å²) in [5.74, 6) is -1.14. The number of halogens is 1. The van der Waals surface area contributed by atoms with Gasteiger partial charge in [-0.1, -0.05) is 24.3 Å². The Hall–Kier alpha value is -1.21. The molecule has 3 heterocycles. The maximum absolute atomic E-state index is 12.9. The number of para-hydroxylation sites is 1. The molecule has 0 aliphatic carbocycles. The molecule has 4 nitrogen and oxygen atoms in total. The number of amides is 2. The zero-order valence-electron chi connectivity index (χ0n) is 11.7. The summed E-state index contributed by atoms with van der Waals surface area (Å²) in [6, 6.07) is 7.46. The van der Waals surface area contributed by atoms with Crippen LogP contribution in [0.3, 0.4) is 0 Å². The fraction of sp³-hybridized carbons (Fsp3) is 0.375. The molecule has 0 N–H and O–H groups in total. The number of fused-ring (bicyclic) bond motifs is 5. The Morgan fingerprint density at radius 1 is 1.05 bits per heavy atom. The average molecular weight is 395 g/mol. The summed E-state index contributed by atoms with van der Waals surface area (Å²) >= 11 is 2.15. The van der Waals surface area contributed by atoms with Crippen LogP contribution in [0.5, 0.6) is 0 Å². The third kappa shape index (κ3) is 1.53. The topological polar surface area (TPSA) is 46.6 Å². The zero-order chi connectivity index (χ0) is 15.0. The largest absolute Gasteiger partial charge is 0.359 e. The molecule has 2 fully saturated rings. The van der Waals surface area contributed by atoms with Crippen molar-refractivity contribution in [2.24, 2.45) is 11.8 Å². The maximum atomic E-state index is 12.9. The van der Waals surface area contributed by atoms with Gasteiger partial charge in [0, 0.05) is 3.57 Å². The van der Waals surface area contributed by atoms with Crippen molar-refractivity contribution in [1.29, 1.82) is 0 Å². The lowest BCUT2D eigenvalue weighted by molar-refractivity contribution is -0.128. The highest BCUT2D eigenvalue weighted by atomic mass is 127. The van der Waals surface area contributed by atoms with Crippen molar-refractivity contribution in [1.82, 2.24) is 0 Å². The van der Waals surface area contributed by atoms with Crippen LogP contribution in [-0.2, 0) is 14.3 Å². The summed E-state index contributed by atoms with van der Waals surface area (Å²) in [5, 5.41) is 0. The second-order valence-corrected chi connectivity index (χ2v) is 7.38. The summed E-state index contributed by atoms with van der Waals surface area (Å²) in [7, 11) is 0. The Kier molecular flexibility index (Phi) is 2.53. The predicted octanol–water partition coefficient (Wildman–Crippen LogP) is 2.51. The molecule has 0 aromatic heterocycles. The van der Waals surface area contributed by atoms with Crippen LogP contribution < -0.4 is 4.90 Å². The van der Waals surface area contributed by atoms with Gasteiger partial charge in [-0.3, -0.25) is 9.59 Å². The van der Waals surface area contributed by atoms with Gasteiger partial charge in [-0.05, 0) is 48.6 Å². The van der Waals surface area contributed by atoms with E-state index in [2.05, 4.69) is 22.6 Å². The van der Waals surface area contributed by atoms with Crippen molar-refractivity contribution in [3.63, 3.8) is 0 Å². The molecule has 21 heavy (non-hydrogen) atoms. The Bertz CT molecular complexity index is 679. The van der Waals surface area contributed by atoms with Gasteiger partial charge in [0.25, 0.3) is 0 Å². The van der Waals surface area contributed by atoms with E-state index < -0.39 is 23.0 Å². The third-order valence-corrected chi connectivity index (χ3v) is 5.73. The minimum absolute atomic E-state index is 0.148. The van der Waals surface area contributed by atoms with Crippen LogP contribution in [0.2, 0.25) is 0 Å². The summed E-state index contributed by atoms with van der Waals surface area (Å²) in [6.45, 7) is 3.79. The molecule has 0 spiro atoms. The molecule has 1 aromatic carbocycles. The first-order chi connectivity index (χ1) is 9.87. The van der Waals surface area contributed by atoms with Gasteiger partial charge in [0.05, 0.1) is 28.7 Å². The summed E-state index contributed by atoms with van der Waals surface area (Å²) in [5.41, 5.74) is -0.656. The number of imide groups is 1. The lowest BCUT2D eigenvalue weighted by Crippen LogP contribution is -2.39. The fourth-order valence-corrected chi connectivity index (χ4v) is 4.53. The maximum Gasteiger partial charge on any atom is 0.241 e. The van der Waals surface area contributed by atoms with Gasteiger partial charge in [-0.2, -0.15) is 0 Å². The van der Waals surface area contributed by atoms with Crippen LogP contribution in [0, 0.1) is 15.4 Å². The number of anilines is 1. The van der Waals surface area contributed by atoms with Crippen molar-refractivity contribution in [2.45, 2.75) is 25.0 Å². The lowest BCUT2D eigenvalue weighted by atomic mass is 9.73. The van der Waals surface area contributed by atoms with Crippen LogP contribution in [0.1, 0.15) is 13.8 Å². The normalized spacial score (nSPS) is 40.2. The van der Waals surface area contributed by atoms with E-state index in [-0.39, 0.29) is 11.8 Å². The van der Waals surface area contributed by atoms with Gasteiger partial charge in [0.15, 0.2) is 0 Å². The van der Waals surface area contributed by atoms with E-state index in [0.717, 1.165) is 3.57 Å². The monoisotopic (exact) mass is 395 g/mol. The number of carbonyl (C=O) groups is 2. The van der Waals surface area contributed by atoms with E-state index >= 15 is 0 Å². The molecule has 2 amide bonds. The Balaban J connectivity index is 1.85. The second kappa shape index (κ2) is 3.95. The molecule has 3 aliphatic heterocycles. The van der Waals surface area contributed by atoms with Crippen LogP contribution in [-0.4, -0.2) is 23.0 Å². The van der Waals surface area contributed by atoms with Gasteiger partial charge >= 0.3 is 0 Å². The minimum atomic E-state index is -0.666. The quantitative estimate of drug-likeness (QED) is 0.417. The molecule has 2 bridgehead atoms. The first-order valence-electron chi connectivity index (χ1n) is 6.90. The van der Waals surface area contributed by atoms with E-state index in [4.69, 9.17) is 4.74 Å². The fourth-order valence-electron chi connectivity index (χ4n) is 3.90. The summed E-state index contributed by atoms with van der Waals surface area (Å²) < 4.78 is 6.88. The van der Waals surface area contributed by atoms with Crippen LogP contribution in [0.25, 0.3) is 0 Å². The molecule has 4 atom stereocenters. The lowest BCUT2D eigenvalue weighted by Gasteiger charge is -2.25. The Morgan fingerprint density at radius 2 is 1.57 bits per heavy atom. The number of hydrogen-bond acceptors (Lipinski definition) is 3. The number of ether oxygens (including phenoxy) is 1. The van der Waals surface area contributed by atoms with Crippen molar-refractivity contribution < 1.29 is 14.3 Å². The minimum Gasteiger partial charge on any atom is -0.359 e. The van der Waals surface area contributed by atoms with E-state index in [9.17, 15) is 9.59 Å². The van der Waals surface area contributed by atoms with Crippen molar-refractivity contribution >= 4 is 40.1 Å². The first-order valence-corrected chi connectivity index (χ1v) is 7.98. The molecule has 0 unspecified atom stereocenters. The number of rotatable bonds is 1. The van der Waals surface area contributed by atoms with Crippen molar-refractivity contribution in [2.75, 3.05) is 4.90 Å². The molecule has 5 heteroatoms. The van der Waals surface area contributed by atoms with Gasteiger partial charge in [0.1, 0.15) is 0 Å². The van der Waals surface area contributed by atoms with E-state index in [1.807, 2.05) is 50.3 Å². The number of carbonyl (C=O) groups excluding carboxylic acids is 2. The standard InChI is InChI=1S/C16H14INO3/c1-15-7-8-16(2,21-15)12-11(15)13(19)18(14(12)20)10-6-4-3-5-9(10)17/h3-8,11-12H,1-2H3/t11-,12+,15+,16-. The highest BCUT2D eigenvalue weighted by Crippen LogP contribution is 2.57. The number of hydrogen-bond donors (Lipinski definition) is 0. The van der Waals surface area contributed by atoms with E-state index in [1.165, 1.54) is 4.90 Å². The summed E-state index contributed by atoms with van der Waals surface area (Å²) in [6.07, 6.45) is 3.86. The second-order valence-electron chi connectivity index (χ2n) is 6.22.